The molecular weight excluding hydrogens is 226 g/mol. The number of carbonyl (C=O) groups excluding carboxylic acids is 1. The van der Waals surface area contributed by atoms with E-state index >= 15 is 0 Å². The molecule has 1 rings (SSSR count). The maximum atomic E-state index is 12.0. The minimum atomic E-state index is -1.24. The van der Waals surface area contributed by atoms with Crippen molar-refractivity contribution in [1.29, 1.82) is 0 Å². The Bertz CT molecular complexity index is 399. The molecule has 3 heteroatoms. The zero-order chi connectivity index (χ0) is 13.9. The van der Waals surface area contributed by atoms with E-state index in [9.17, 15) is 9.90 Å². The summed E-state index contributed by atoms with van der Waals surface area (Å²) in [5.74, 6) is 0.623. The van der Waals surface area contributed by atoms with Crippen LogP contribution in [0.5, 0.6) is 0 Å². The fraction of sp³-hybridized carbons (Fsp3) is 0.667. The van der Waals surface area contributed by atoms with Crippen LogP contribution in [0.3, 0.4) is 0 Å². The number of nitrogens with zero attached hydrogens (tertiary/aromatic N) is 1. The molecule has 0 aromatic carbocycles. The highest BCUT2D eigenvalue weighted by Crippen LogP contribution is 2.29. The van der Waals surface area contributed by atoms with Gasteiger partial charge in [0.2, 0.25) is 0 Å². The molecule has 1 aromatic heterocycles. The summed E-state index contributed by atoms with van der Waals surface area (Å²) < 4.78 is 2.06. The van der Waals surface area contributed by atoms with E-state index in [2.05, 4.69) is 24.5 Å². The van der Waals surface area contributed by atoms with Gasteiger partial charge in [0.1, 0.15) is 5.60 Å². The van der Waals surface area contributed by atoms with Gasteiger partial charge in [0.25, 0.3) is 0 Å². The van der Waals surface area contributed by atoms with Crippen LogP contribution in [-0.4, -0.2) is 21.1 Å². The molecule has 0 saturated heterocycles. The molecule has 0 bridgehead atoms. The second kappa shape index (κ2) is 5.70. The Balaban J connectivity index is 2.87. The Hall–Kier alpha value is -1.09. The number of carbonyl (C=O) groups is 1. The molecule has 0 unspecified atom stereocenters. The lowest BCUT2D eigenvalue weighted by Crippen LogP contribution is -2.32. The van der Waals surface area contributed by atoms with Gasteiger partial charge in [-0.25, -0.2) is 0 Å². The number of hydrogen-bond donors (Lipinski definition) is 1. The van der Waals surface area contributed by atoms with E-state index in [-0.39, 0.29) is 11.7 Å². The Morgan fingerprint density at radius 2 is 2.06 bits per heavy atom. The molecule has 1 N–H and O–H groups in total. The number of rotatable bonds is 6. The molecular formula is C15H25NO2. The van der Waals surface area contributed by atoms with Crippen molar-refractivity contribution in [3.05, 3.63) is 24.0 Å². The van der Waals surface area contributed by atoms with Gasteiger partial charge in [0, 0.05) is 31.3 Å². The van der Waals surface area contributed by atoms with Crippen LogP contribution in [0, 0.1) is 5.92 Å². The maximum Gasteiger partial charge on any atom is 0.164 e. The maximum absolute atomic E-state index is 12.0. The van der Waals surface area contributed by atoms with E-state index in [0.29, 0.717) is 12.3 Å². The monoisotopic (exact) mass is 251 g/mol. The SMILES string of the molecule is CC(C)C[C@@H](CC(=O)C(C)(C)O)c1cccn1C. The Kier molecular flexibility index (Phi) is 4.74. The van der Waals surface area contributed by atoms with E-state index in [1.807, 2.05) is 19.3 Å². The van der Waals surface area contributed by atoms with Crippen LogP contribution in [0.15, 0.2) is 18.3 Å². The molecule has 0 aliphatic rings. The fourth-order valence-corrected chi connectivity index (χ4v) is 2.25. The quantitative estimate of drug-likeness (QED) is 0.844. The molecule has 0 amide bonds. The van der Waals surface area contributed by atoms with Crippen molar-refractivity contribution in [2.45, 2.75) is 52.1 Å². The van der Waals surface area contributed by atoms with Crippen LogP contribution in [0.2, 0.25) is 0 Å². The van der Waals surface area contributed by atoms with Crippen molar-refractivity contribution in [1.82, 2.24) is 4.57 Å². The standard InChI is InChI=1S/C15H25NO2/c1-11(2)9-12(10-14(17)15(3,4)18)13-7-6-8-16(13)5/h6-8,11-12,18H,9-10H2,1-5H3/t12-/m0/s1. The smallest absolute Gasteiger partial charge is 0.164 e. The molecule has 102 valence electrons. The zero-order valence-electron chi connectivity index (χ0n) is 12.1. The van der Waals surface area contributed by atoms with E-state index in [0.717, 1.165) is 6.42 Å². The van der Waals surface area contributed by atoms with Gasteiger partial charge in [-0.15, -0.1) is 0 Å². The molecule has 1 heterocycles. The predicted molar refractivity (Wildman–Crippen MR) is 73.5 cm³/mol. The number of ketones is 1. The number of aliphatic hydroxyl groups is 1. The Labute approximate surface area is 110 Å². The lowest BCUT2D eigenvalue weighted by molar-refractivity contribution is -0.134. The molecule has 0 radical (unpaired) electrons. The van der Waals surface area contributed by atoms with E-state index in [4.69, 9.17) is 0 Å². The lowest BCUT2D eigenvalue weighted by Gasteiger charge is -2.23. The molecule has 0 saturated carbocycles. The molecule has 0 spiro atoms. The minimum Gasteiger partial charge on any atom is -0.383 e. The van der Waals surface area contributed by atoms with Crippen LogP contribution in [0.4, 0.5) is 0 Å². The van der Waals surface area contributed by atoms with Crippen molar-refractivity contribution < 1.29 is 9.90 Å². The molecule has 18 heavy (non-hydrogen) atoms. The summed E-state index contributed by atoms with van der Waals surface area (Å²) in [6.07, 6.45) is 3.36. The molecule has 0 aliphatic carbocycles. The van der Waals surface area contributed by atoms with Crippen molar-refractivity contribution in [2.24, 2.45) is 13.0 Å². The predicted octanol–water partition coefficient (Wildman–Crippen LogP) is 2.88. The van der Waals surface area contributed by atoms with Gasteiger partial charge in [0.15, 0.2) is 5.78 Å². The van der Waals surface area contributed by atoms with Gasteiger partial charge in [-0.1, -0.05) is 13.8 Å². The normalized spacial score (nSPS) is 13.9. The summed E-state index contributed by atoms with van der Waals surface area (Å²) in [6.45, 7) is 7.44. The topological polar surface area (TPSA) is 42.2 Å². The summed E-state index contributed by atoms with van der Waals surface area (Å²) in [4.78, 5) is 12.0. The first-order chi connectivity index (χ1) is 8.21. The van der Waals surface area contributed by atoms with Crippen LogP contribution < -0.4 is 0 Å². The second-order valence-corrected chi connectivity index (χ2v) is 6.06. The van der Waals surface area contributed by atoms with Crippen LogP contribution in [0.1, 0.15) is 52.1 Å². The second-order valence-electron chi connectivity index (χ2n) is 6.06. The van der Waals surface area contributed by atoms with Crippen molar-refractivity contribution in [3.63, 3.8) is 0 Å². The van der Waals surface area contributed by atoms with Gasteiger partial charge in [-0.2, -0.15) is 0 Å². The van der Waals surface area contributed by atoms with Gasteiger partial charge < -0.3 is 9.67 Å². The number of hydrogen-bond acceptors (Lipinski definition) is 2. The zero-order valence-corrected chi connectivity index (χ0v) is 12.1. The molecule has 0 fully saturated rings. The van der Waals surface area contributed by atoms with Crippen molar-refractivity contribution in [2.75, 3.05) is 0 Å². The fourth-order valence-electron chi connectivity index (χ4n) is 2.25. The van der Waals surface area contributed by atoms with Crippen molar-refractivity contribution >= 4 is 5.78 Å². The average Bonchev–Trinajstić information content (AvgIpc) is 2.61. The Morgan fingerprint density at radius 3 is 2.44 bits per heavy atom. The van der Waals surface area contributed by atoms with Gasteiger partial charge >= 0.3 is 0 Å². The number of Topliss-reactive ketones (excluding diaryl/α,β-unsaturated/α-hetero) is 1. The third-order valence-corrected chi connectivity index (χ3v) is 3.27. The first-order valence-electron chi connectivity index (χ1n) is 6.58. The third kappa shape index (κ3) is 3.98. The van der Waals surface area contributed by atoms with E-state index < -0.39 is 5.60 Å². The number of aryl methyl sites for hydroxylation is 1. The highest BCUT2D eigenvalue weighted by atomic mass is 16.3. The van der Waals surface area contributed by atoms with Crippen LogP contribution in [-0.2, 0) is 11.8 Å². The van der Waals surface area contributed by atoms with Gasteiger partial charge in [-0.3, -0.25) is 4.79 Å². The summed E-state index contributed by atoms with van der Waals surface area (Å²) in [5.41, 5.74) is -0.0679. The molecule has 1 atom stereocenters. The summed E-state index contributed by atoms with van der Waals surface area (Å²) in [6, 6.07) is 4.06. The largest absolute Gasteiger partial charge is 0.383 e. The van der Waals surface area contributed by atoms with E-state index in [1.165, 1.54) is 5.69 Å². The number of aromatic nitrogens is 1. The van der Waals surface area contributed by atoms with Gasteiger partial charge in [0.05, 0.1) is 0 Å². The van der Waals surface area contributed by atoms with E-state index in [1.54, 1.807) is 13.8 Å². The van der Waals surface area contributed by atoms with Crippen molar-refractivity contribution in [3.8, 4) is 0 Å². The summed E-state index contributed by atoms with van der Waals surface area (Å²) >= 11 is 0. The highest BCUT2D eigenvalue weighted by molar-refractivity contribution is 5.86. The van der Waals surface area contributed by atoms with Crippen LogP contribution >= 0.6 is 0 Å². The average molecular weight is 251 g/mol. The molecule has 0 aliphatic heterocycles. The highest BCUT2D eigenvalue weighted by Gasteiger charge is 2.28. The van der Waals surface area contributed by atoms with Gasteiger partial charge in [-0.05, 0) is 38.3 Å². The first-order valence-corrected chi connectivity index (χ1v) is 6.58. The molecule has 3 nitrogen and oxygen atoms in total. The minimum absolute atomic E-state index is 0.0886. The summed E-state index contributed by atoms with van der Waals surface area (Å²) in [5, 5.41) is 9.78. The first kappa shape index (κ1) is 15.0. The summed E-state index contributed by atoms with van der Waals surface area (Å²) in [7, 11) is 2.00. The Morgan fingerprint density at radius 1 is 1.44 bits per heavy atom. The van der Waals surface area contributed by atoms with Crippen LogP contribution in [0.25, 0.3) is 0 Å². The lowest BCUT2D eigenvalue weighted by atomic mass is 9.86. The third-order valence-electron chi connectivity index (χ3n) is 3.27. The molecule has 1 aromatic rings.